The number of benzene rings is 1. The Morgan fingerprint density at radius 3 is 2.11 bits per heavy atom. The first kappa shape index (κ1) is 30.8. The fourth-order valence-electron chi connectivity index (χ4n) is 3.93. The van der Waals surface area contributed by atoms with Crippen molar-refractivity contribution in [1.29, 1.82) is 0 Å². The molecule has 1 rings (SSSR count). The van der Waals surface area contributed by atoms with Gasteiger partial charge in [0.2, 0.25) is 0 Å². The van der Waals surface area contributed by atoms with Gasteiger partial charge < -0.3 is 25.8 Å². The summed E-state index contributed by atoms with van der Waals surface area (Å²) in [5, 5.41) is 5.84. The van der Waals surface area contributed by atoms with E-state index in [0.717, 1.165) is 18.4 Å². The van der Waals surface area contributed by atoms with Gasteiger partial charge in [-0.3, -0.25) is 0 Å². The van der Waals surface area contributed by atoms with Gasteiger partial charge in [0.1, 0.15) is 6.61 Å². The first-order valence-corrected chi connectivity index (χ1v) is 13.9. The molecule has 35 heavy (non-hydrogen) atoms. The summed E-state index contributed by atoms with van der Waals surface area (Å²) in [6.07, 6.45) is 22.8. The summed E-state index contributed by atoms with van der Waals surface area (Å²) in [7, 11) is 1.60. The van der Waals surface area contributed by atoms with Gasteiger partial charge in [0.05, 0.1) is 7.11 Å². The quantitative estimate of drug-likeness (QED) is 0.123. The maximum atomic E-state index is 12.0. The third kappa shape index (κ3) is 17.0. The third-order valence-electron chi connectivity index (χ3n) is 6.03. The number of rotatable bonds is 22. The molecule has 0 heterocycles. The molecule has 2 amide bonds. The molecule has 0 fully saturated rings. The highest BCUT2D eigenvalue weighted by Gasteiger charge is 2.07. The van der Waals surface area contributed by atoms with Crippen LogP contribution in [0.25, 0.3) is 0 Å². The number of nitrogens with one attached hydrogen (secondary N) is 2. The third-order valence-corrected chi connectivity index (χ3v) is 6.03. The zero-order valence-electron chi connectivity index (χ0n) is 22.4. The lowest BCUT2D eigenvalue weighted by Gasteiger charge is -2.12. The number of allylic oxidation sites excluding steroid dienone is 2. The van der Waals surface area contributed by atoms with Crippen LogP contribution in [0, 0.1) is 0 Å². The van der Waals surface area contributed by atoms with Crippen molar-refractivity contribution in [3.8, 4) is 11.5 Å². The number of unbranched alkanes of at least 4 members (excludes halogenated alkanes) is 12. The van der Waals surface area contributed by atoms with Crippen molar-refractivity contribution in [3.05, 3.63) is 35.9 Å². The van der Waals surface area contributed by atoms with Crippen LogP contribution >= 0.6 is 0 Å². The summed E-state index contributed by atoms with van der Waals surface area (Å²) < 4.78 is 10.9. The number of amides is 2. The fraction of sp³-hybridized carbons (Fsp3) is 0.690. The van der Waals surface area contributed by atoms with Crippen LogP contribution in [-0.2, 0) is 6.54 Å². The van der Waals surface area contributed by atoms with Gasteiger partial charge >= 0.3 is 6.03 Å². The second-order valence-electron chi connectivity index (χ2n) is 9.17. The van der Waals surface area contributed by atoms with Gasteiger partial charge in [0.15, 0.2) is 11.5 Å². The van der Waals surface area contributed by atoms with Crippen LogP contribution in [-0.4, -0.2) is 32.8 Å². The van der Waals surface area contributed by atoms with Crippen molar-refractivity contribution >= 4 is 6.03 Å². The monoisotopic (exact) mass is 489 g/mol. The molecule has 0 aromatic heterocycles. The molecule has 0 spiro atoms. The minimum Gasteiger partial charge on any atom is -0.493 e. The van der Waals surface area contributed by atoms with Crippen molar-refractivity contribution in [1.82, 2.24) is 10.6 Å². The SMILES string of the molecule is CCCCCCCCC=CCCCCCCCCNC(=O)NCc1ccc(OCCN)c(OC)c1. The predicted molar refractivity (Wildman–Crippen MR) is 147 cm³/mol. The molecule has 200 valence electrons. The zero-order chi connectivity index (χ0) is 25.4. The largest absolute Gasteiger partial charge is 0.493 e. The molecule has 1 aromatic rings. The smallest absolute Gasteiger partial charge is 0.315 e. The van der Waals surface area contributed by atoms with Crippen LogP contribution in [0.1, 0.15) is 102 Å². The molecule has 0 saturated heterocycles. The molecule has 4 N–H and O–H groups in total. The molecular formula is C29H51N3O3. The van der Waals surface area contributed by atoms with E-state index in [1.807, 2.05) is 18.2 Å². The fourth-order valence-corrected chi connectivity index (χ4v) is 3.93. The van der Waals surface area contributed by atoms with Crippen molar-refractivity contribution in [2.24, 2.45) is 5.73 Å². The lowest BCUT2D eigenvalue weighted by molar-refractivity contribution is 0.240. The van der Waals surface area contributed by atoms with E-state index in [4.69, 9.17) is 15.2 Å². The summed E-state index contributed by atoms with van der Waals surface area (Å²) in [6.45, 7) is 4.30. The van der Waals surface area contributed by atoms with Crippen LogP contribution in [0.15, 0.2) is 30.4 Å². The van der Waals surface area contributed by atoms with Crippen LogP contribution in [0.2, 0.25) is 0 Å². The van der Waals surface area contributed by atoms with E-state index in [0.29, 0.717) is 37.7 Å². The van der Waals surface area contributed by atoms with E-state index in [2.05, 4.69) is 29.7 Å². The molecule has 0 unspecified atom stereocenters. The molecular weight excluding hydrogens is 438 g/mol. The van der Waals surface area contributed by atoms with Gasteiger partial charge in [0, 0.05) is 19.6 Å². The van der Waals surface area contributed by atoms with Crippen LogP contribution in [0.3, 0.4) is 0 Å². The van der Waals surface area contributed by atoms with E-state index >= 15 is 0 Å². The summed E-state index contributed by atoms with van der Waals surface area (Å²) in [6, 6.07) is 5.49. The second-order valence-corrected chi connectivity index (χ2v) is 9.17. The number of hydrogen-bond donors (Lipinski definition) is 3. The van der Waals surface area contributed by atoms with E-state index in [9.17, 15) is 4.79 Å². The number of nitrogens with two attached hydrogens (primary N) is 1. The maximum absolute atomic E-state index is 12.0. The first-order chi connectivity index (χ1) is 17.2. The Hall–Kier alpha value is -2.21. The van der Waals surface area contributed by atoms with Gasteiger partial charge in [-0.15, -0.1) is 0 Å². The summed E-state index contributed by atoms with van der Waals surface area (Å²) in [5.41, 5.74) is 6.43. The molecule has 0 atom stereocenters. The average Bonchev–Trinajstić information content (AvgIpc) is 2.88. The Balaban J connectivity index is 1.96. The van der Waals surface area contributed by atoms with Crippen molar-refractivity contribution in [2.45, 2.75) is 103 Å². The van der Waals surface area contributed by atoms with E-state index in [1.165, 1.54) is 77.0 Å². The van der Waals surface area contributed by atoms with Gasteiger partial charge in [-0.1, -0.05) is 82.9 Å². The molecule has 6 heteroatoms. The van der Waals surface area contributed by atoms with Gasteiger partial charge in [-0.25, -0.2) is 4.79 Å². The topological polar surface area (TPSA) is 85.6 Å². The van der Waals surface area contributed by atoms with Gasteiger partial charge in [-0.05, 0) is 49.8 Å². The molecule has 1 aromatic carbocycles. The Labute approximate surface area is 214 Å². The van der Waals surface area contributed by atoms with Crippen LogP contribution in [0.5, 0.6) is 11.5 Å². The summed E-state index contributed by atoms with van der Waals surface area (Å²) in [5.74, 6) is 1.30. The van der Waals surface area contributed by atoms with E-state index in [1.54, 1.807) is 7.11 Å². The normalized spacial score (nSPS) is 11.1. The minimum absolute atomic E-state index is 0.139. The number of carbonyl (C=O) groups excluding carboxylic acids is 1. The van der Waals surface area contributed by atoms with Gasteiger partial charge in [0.25, 0.3) is 0 Å². The number of methoxy groups -OCH3 is 1. The predicted octanol–water partition coefficient (Wildman–Crippen LogP) is 6.87. The number of urea groups is 1. The first-order valence-electron chi connectivity index (χ1n) is 13.9. The Morgan fingerprint density at radius 1 is 0.857 bits per heavy atom. The molecule has 0 aliphatic heterocycles. The molecule has 0 aliphatic rings. The maximum Gasteiger partial charge on any atom is 0.315 e. The lowest BCUT2D eigenvalue weighted by Crippen LogP contribution is -2.35. The minimum atomic E-state index is -0.139. The van der Waals surface area contributed by atoms with E-state index < -0.39 is 0 Å². The molecule has 0 radical (unpaired) electrons. The number of hydrogen-bond acceptors (Lipinski definition) is 4. The highest BCUT2D eigenvalue weighted by Crippen LogP contribution is 2.27. The molecule has 0 saturated carbocycles. The summed E-state index contributed by atoms with van der Waals surface area (Å²) in [4.78, 5) is 12.0. The van der Waals surface area contributed by atoms with Crippen LogP contribution < -0.4 is 25.8 Å². The molecule has 0 aliphatic carbocycles. The van der Waals surface area contributed by atoms with Gasteiger partial charge in [-0.2, -0.15) is 0 Å². The van der Waals surface area contributed by atoms with E-state index in [-0.39, 0.29) is 6.03 Å². The number of ether oxygens (including phenoxy) is 2. The van der Waals surface area contributed by atoms with Crippen molar-refractivity contribution in [2.75, 3.05) is 26.8 Å². The highest BCUT2D eigenvalue weighted by atomic mass is 16.5. The Morgan fingerprint density at radius 2 is 1.49 bits per heavy atom. The Bertz CT molecular complexity index is 679. The van der Waals surface area contributed by atoms with Crippen molar-refractivity contribution < 1.29 is 14.3 Å². The summed E-state index contributed by atoms with van der Waals surface area (Å²) >= 11 is 0. The lowest BCUT2D eigenvalue weighted by atomic mass is 10.1. The highest BCUT2D eigenvalue weighted by molar-refractivity contribution is 5.73. The standard InChI is InChI=1S/C29H51N3O3/c1-3-4-5-6-7-8-9-10-11-12-13-14-15-16-17-18-22-31-29(33)32-25-26-19-20-27(35-23-21-30)28(24-26)34-2/h10-11,19-20,24H,3-9,12-18,21-23,25,30H2,1-2H3,(H2,31,32,33). The number of carbonyl (C=O) groups is 1. The molecule has 0 bridgehead atoms. The Kier molecular flexibility index (Phi) is 19.6. The molecule has 6 nitrogen and oxygen atoms in total. The van der Waals surface area contributed by atoms with Crippen LogP contribution in [0.4, 0.5) is 4.79 Å². The average molecular weight is 490 g/mol. The zero-order valence-corrected chi connectivity index (χ0v) is 22.4. The van der Waals surface area contributed by atoms with Crippen molar-refractivity contribution in [3.63, 3.8) is 0 Å². The second kappa shape index (κ2) is 22.3.